The molecule has 0 aliphatic carbocycles. The number of carbonyl (C=O) groups is 3. The van der Waals surface area contributed by atoms with Gasteiger partial charge in [0.05, 0.1) is 24.5 Å². The maximum atomic E-state index is 13.7. The largest absolute Gasteiger partial charge is 0.442 e. The molecule has 0 unspecified atom stereocenters. The van der Waals surface area contributed by atoms with Crippen molar-refractivity contribution in [3.05, 3.63) is 24.0 Å². The maximum Gasteiger partial charge on any atom is 0.414 e. The first kappa shape index (κ1) is 14.8. The summed E-state index contributed by atoms with van der Waals surface area (Å²) in [5.41, 5.74) is 0.343. The van der Waals surface area contributed by atoms with Crippen LogP contribution >= 0.6 is 0 Å². The van der Waals surface area contributed by atoms with Gasteiger partial charge in [0.25, 0.3) is 0 Å². The highest BCUT2D eigenvalue weighted by molar-refractivity contribution is 5.90. The van der Waals surface area contributed by atoms with E-state index in [1.807, 2.05) is 0 Å². The zero-order valence-electron chi connectivity index (χ0n) is 11.3. The first-order chi connectivity index (χ1) is 10.0. The maximum absolute atomic E-state index is 13.7. The highest BCUT2D eigenvalue weighted by Gasteiger charge is 2.32. The van der Waals surface area contributed by atoms with Gasteiger partial charge in [-0.15, -0.1) is 0 Å². The summed E-state index contributed by atoms with van der Waals surface area (Å²) in [6.07, 6.45) is -0.732. The van der Waals surface area contributed by atoms with Crippen molar-refractivity contribution >= 4 is 29.8 Å². The molecule has 0 saturated carbocycles. The molecule has 1 aromatic rings. The molecule has 2 rings (SSSR count). The standard InChI is InChI=1S/C13H14FN3O4/c1-8(19)15-5-10-6-17(13(20)21-10)9-2-3-12(16-7-18)11(14)4-9/h2-4,7,10H,5-6H2,1H3,(H,15,19)(H,16,18)/t10-/m0/s1. The Kier molecular flexibility index (Phi) is 4.36. The van der Waals surface area contributed by atoms with Crippen LogP contribution in [0.15, 0.2) is 18.2 Å². The monoisotopic (exact) mass is 295 g/mol. The summed E-state index contributed by atoms with van der Waals surface area (Å²) >= 11 is 0. The highest BCUT2D eigenvalue weighted by atomic mass is 19.1. The SMILES string of the molecule is CC(=O)NC[C@H]1CN(c2ccc(NC=O)c(F)c2)C(=O)O1. The summed E-state index contributed by atoms with van der Waals surface area (Å²) in [5.74, 6) is -0.877. The molecule has 0 spiro atoms. The zero-order valence-corrected chi connectivity index (χ0v) is 11.3. The van der Waals surface area contributed by atoms with Gasteiger partial charge in [-0.25, -0.2) is 9.18 Å². The molecular formula is C13H14FN3O4. The van der Waals surface area contributed by atoms with Crippen LogP contribution in [0, 0.1) is 5.82 Å². The summed E-state index contributed by atoms with van der Waals surface area (Å²) in [5, 5.41) is 4.76. The fourth-order valence-electron chi connectivity index (χ4n) is 1.95. The van der Waals surface area contributed by atoms with Crippen molar-refractivity contribution in [1.82, 2.24) is 5.32 Å². The first-order valence-corrected chi connectivity index (χ1v) is 6.23. The number of nitrogens with zero attached hydrogens (tertiary/aromatic N) is 1. The van der Waals surface area contributed by atoms with Crippen LogP contribution in [0.1, 0.15) is 6.92 Å². The Morgan fingerprint density at radius 3 is 2.95 bits per heavy atom. The molecule has 2 N–H and O–H groups in total. The second kappa shape index (κ2) is 6.21. The number of amides is 3. The van der Waals surface area contributed by atoms with Crippen LogP contribution in [0.2, 0.25) is 0 Å². The molecule has 0 bridgehead atoms. The molecule has 7 nitrogen and oxygen atoms in total. The molecule has 1 aromatic carbocycles. The number of carbonyl (C=O) groups excluding carboxylic acids is 3. The lowest BCUT2D eigenvalue weighted by Crippen LogP contribution is -2.33. The van der Waals surface area contributed by atoms with Crippen LogP contribution in [-0.2, 0) is 14.3 Å². The molecule has 0 aromatic heterocycles. The van der Waals surface area contributed by atoms with E-state index in [1.165, 1.54) is 24.0 Å². The minimum atomic E-state index is -0.655. The molecule has 1 aliphatic rings. The van der Waals surface area contributed by atoms with Crippen LogP contribution in [0.3, 0.4) is 0 Å². The number of hydrogen-bond donors (Lipinski definition) is 2. The Morgan fingerprint density at radius 2 is 2.33 bits per heavy atom. The number of nitrogens with one attached hydrogen (secondary N) is 2. The summed E-state index contributed by atoms with van der Waals surface area (Å²) in [6, 6.07) is 3.98. The minimum absolute atomic E-state index is 0.0242. The lowest BCUT2D eigenvalue weighted by atomic mass is 10.2. The van der Waals surface area contributed by atoms with E-state index < -0.39 is 18.0 Å². The normalized spacial score (nSPS) is 17.3. The van der Waals surface area contributed by atoms with Gasteiger partial charge in [0.2, 0.25) is 12.3 Å². The van der Waals surface area contributed by atoms with Crippen molar-refractivity contribution in [2.45, 2.75) is 13.0 Å². The third-order valence-electron chi connectivity index (χ3n) is 2.93. The number of rotatable bonds is 5. The molecule has 112 valence electrons. The van der Waals surface area contributed by atoms with Crippen molar-refractivity contribution < 1.29 is 23.5 Å². The molecule has 1 saturated heterocycles. The number of anilines is 2. The Balaban J connectivity index is 2.08. The van der Waals surface area contributed by atoms with E-state index >= 15 is 0 Å². The van der Waals surface area contributed by atoms with Crippen LogP contribution in [0.5, 0.6) is 0 Å². The quantitative estimate of drug-likeness (QED) is 0.788. The van der Waals surface area contributed by atoms with Crippen LogP contribution < -0.4 is 15.5 Å². The smallest absolute Gasteiger partial charge is 0.414 e. The Morgan fingerprint density at radius 1 is 1.57 bits per heavy atom. The van der Waals surface area contributed by atoms with Gasteiger partial charge in [0.15, 0.2) is 0 Å². The first-order valence-electron chi connectivity index (χ1n) is 6.23. The Hall–Kier alpha value is -2.64. The highest BCUT2D eigenvalue weighted by Crippen LogP contribution is 2.25. The van der Waals surface area contributed by atoms with Gasteiger partial charge in [-0.05, 0) is 18.2 Å². The average molecular weight is 295 g/mol. The molecule has 0 radical (unpaired) electrons. The van der Waals surface area contributed by atoms with Crippen LogP contribution in [0.25, 0.3) is 0 Å². The number of hydrogen-bond acceptors (Lipinski definition) is 4. The van der Waals surface area contributed by atoms with Gasteiger partial charge in [-0.1, -0.05) is 0 Å². The fraction of sp³-hybridized carbons (Fsp3) is 0.308. The van der Waals surface area contributed by atoms with Crippen LogP contribution in [0.4, 0.5) is 20.6 Å². The van der Waals surface area contributed by atoms with E-state index in [-0.39, 0.29) is 24.7 Å². The van der Waals surface area contributed by atoms with E-state index in [9.17, 15) is 18.8 Å². The van der Waals surface area contributed by atoms with Crippen molar-refractivity contribution in [1.29, 1.82) is 0 Å². The van der Waals surface area contributed by atoms with E-state index in [2.05, 4.69) is 10.6 Å². The summed E-state index contributed by atoms with van der Waals surface area (Å²) in [7, 11) is 0. The molecule has 3 amide bonds. The van der Waals surface area contributed by atoms with E-state index in [1.54, 1.807) is 0 Å². The third kappa shape index (κ3) is 3.47. The van der Waals surface area contributed by atoms with Crippen LogP contribution in [-0.4, -0.2) is 37.6 Å². The van der Waals surface area contributed by atoms with Gasteiger partial charge >= 0.3 is 6.09 Å². The summed E-state index contributed by atoms with van der Waals surface area (Å²) in [4.78, 5) is 34.1. The van der Waals surface area contributed by atoms with E-state index in [4.69, 9.17) is 4.74 Å². The van der Waals surface area contributed by atoms with Gasteiger partial charge in [0, 0.05) is 6.92 Å². The molecule has 1 heterocycles. The molecule has 1 atom stereocenters. The number of cyclic esters (lactones) is 1. The van der Waals surface area contributed by atoms with E-state index in [0.29, 0.717) is 12.1 Å². The second-order valence-corrected chi connectivity index (χ2v) is 4.48. The third-order valence-corrected chi connectivity index (χ3v) is 2.93. The fourth-order valence-corrected chi connectivity index (χ4v) is 1.95. The van der Waals surface area contributed by atoms with Gasteiger partial charge < -0.3 is 15.4 Å². The van der Waals surface area contributed by atoms with Crippen molar-refractivity contribution in [3.63, 3.8) is 0 Å². The minimum Gasteiger partial charge on any atom is -0.442 e. The van der Waals surface area contributed by atoms with Gasteiger partial charge in [-0.2, -0.15) is 0 Å². The molecule has 1 aliphatic heterocycles. The second-order valence-electron chi connectivity index (χ2n) is 4.48. The Bertz CT molecular complexity index is 579. The molecule has 1 fully saturated rings. The van der Waals surface area contributed by atoms with E-state index in [0.717, 1.165) is 6.07 Å². The predicted octanol–water partition coefficient (Wildman–Crippen LogP) is 0.855. The van der Waals surface area contributed by atoms with Crippen molar-refractivity contribution in [3.8, 4) is 0 Å². The molecule has 8 heteroatoms. The van der Waals surface area contributed by atoms with Gasteiger partial charge in [-0.3, -0.25) is 14.5 Å². The summed E-state index contributed by atoms with van der Waals surface area (Å²) < 4.78 is 18.8. The lowest BCUT2D eigenvalue weighted by Gasteiger charge is -2.14. The molecular weight excluding hydrogens is 281 g/mol. The molecule has 21 heavy (non-hydrogen) atoms. The number of benzene rings is 1. The average Bonchev–Trinajstić information content (AvgIpc) is 2.80. The van der Waals surface area contributed by atoms with Gasteiger partial charge in [0.1, 0.15) is 11.9 Å². The topological polar surface area (TPSA) is 87.7 Å². The Labute approximate surface area is 120 Å². The number of ether oxygens (including phenoxy) is 1. The van der Waals surface area contributed by atoms with Crippen molar-refractivity contribution in [2.75, 3.05) is 23.3 Å². The van der Waals surface area contributed by atoms with Crippen molar-refractivity contribution in [2.24, 2.45) is 0 Å². The number of halogens is 1. The zero-order chi connectivity index (χ0) is 15.4. The predicted molar refractivity (Wildman–Crippen MR) is 72.4 cm³/mol. The summed E-state index contributed by atoms with van der Waals surface area (Å²) in [6.45, 7) is 1.77. The lowest BCUT2D eigenvalue weighted by molar-refractivity contribution is -0.119.